The fourth-order valence-electron chi connectivity index (χ4n) is 2.40. The Hall–Kier alpha value is -1.07. The van der Waals surface area contributed by atoms with Crippen LogP contribution in [0.5, 0.6) is 0 Å². The van der Waals surface area contributed by atoms with Crippen LogP contribution in [0.3, 0.4) is 0 Å². The van der Waals surface area contributed by atoms with Gasteiger partial charge in [0, 0.05) is 23.4 Å². The standard InChI is InChI=1S/C15H20BrNO3/c1-2-20-15(18)14(11-7-9-19-10-8-11)17-13-6-4-3-5-12(13)16/h3-6,11,14,17H,2,7-10H2,1H3. The monoisotopic (exact) mass is 341 g/mol. The quantitative estimate of drug-likeness (QED) is 0.835. The van der Waals surface area contributed by atoms with E-state index in [-0.39, 0.29) is 17.9 Å². The number of nitrogens with one attached hydrogen (secondary N) is 1. The summed E-state index contributed by atoms with van der Waals surface area (Å²) in [5.41, 5.74) is 0.914. The van der Waals surface area contributed by atoms with E-state index >= 15 is 0 Å². The van der Waals surface area contributed by atoms with E-state index in [0.717, 1.165) is 23.0 Å². The van der Waals surface area contributed by atoms with Gasteiger partial charge in [-0.25, -0.2) is 4.79 Å². The maximum Gasteiger partial charge on any atom is 0.328 e. The molecular formula is C15H20BrNO3. The minimum atomic E-state index is -0.322. The Bertz CT molecular complexity index is 446. The Labute approximate surface area is 128 Å². The summed E-state index contributed by atoms with van der Waals surface area (Å²) in [5.74, 6) is 0.0602. The predicted molar refractivity (Wildman–Crippen MR) is 81.7 cm³/mol. The van der Waals surface area contributed by atoms with Crippen LogP contribution in [-0.4, -0.2) is 31.8 Å². The molecule has 110 valence electrons. The van der Waals surface area contributed by atoms with E-state index < -0.39 is 0 Å². The summed E-state index contributed by atoms with van der Waals surface area (Å²) in [4.78, 5) is 12.2. The molecule has 0 spiro atoms. The molecule has 1 aliphatic heterocycles. The van der Waals surface area contributed by atoms with Crippen LogP contribution in [0.4, 0.5) is 5.69 Å². The number of para-hydroxylation sites is 1. The average molecular weight is 342 g/mol. The number of carbonyl (C=O) groups excluding carboxylic acids is 1. The lowest BCUT2D eigenvalue weighted by Crippen LogP contribution is -2.41. The highest BCUT2D eigenvalue weighted by Gasteiger charge is 2.31. The van der Waals surface area contributed by atoms with E-state index in [2.05, 4.69) is 21.2 Å². The van der Waals surface area contributed by atoms with Crippen molar-refractivity contribution in [1.82, 2.24) is 0 Å². The third kappa shape index (κ3) is 3.96. The molecule has 1 N–H and O–H groups in total. The van der Waals surface area contributed by atoms with Crippen molar-refractivity contribution in [3.05, 3.63) is 28.7 Å². The normalized spacial score (nSPS) is 17.5. The van der Waals surface area contributed by atoms with Gasteiger partial charge < -0.3 is 14.8 Å². The number of hydrogen-bond donors (Lipinski definition) is 1. The van der Waals surface area contributed by atoms with Gasteiger partial charge in [0.2, 0.25) is 0 Å². The number of esters is 1. The zero-order chi connectivity index (χ0) is 14.4. The number of hydrogen-bond acceptors (Lipinski definition) is 4. The Morgan fingerprint density at radius 3 is 2.80 bits per heavy atom. The van der Waals surface area contributed by atoms with E-state index in [1.54, 1.807) is 0 Å². The van der Waals surface area contributed by atoms with Crippen molar-refractivity contribution in [2.45, 2.75) is 25.8 Å². The second-order valence-corrected chi connectivity index (χ2v) is 5.66. The van der Waals surface area contributed by atoms with Crippen LogP contribution in [0.1, 0.15) is 19.8 Å². The van der Waals surface area contributed by atoms with Gasteiger partial charge in [-0.15, -0.1) is 0 Å². The first-order valence-electron chi connectivity index (χ1n) is 6.97. The van der Waals surface area contributed by atoms with Crippen LogP contribution in [0.15, 0.2) is 28.7 Å². The van der Waals surface area contributed by atoms with Crippen LogP contribution in [0, 0.1) is 5.92 Å². The van der Waals surface area contributed by atoms with Gasteiger partial charge in [0.05, 0.1) is 6.61 Å². The molecule has 0 bridgehead atoms. The highest BCUT2D eigenvalue weighted by atomic mass is 79.9. The lowest BCUT2D eigenvalue weighted by molar-refractivity contribution is -0.146. The van der Waals surface area contributed by atoms with Gasteiger partial charge in [-0.05, 0) is 53.7 Å². The summed E-state index contributed by atoms with van der Waals surface area (Å²) in [6.45, 7) is 3.64. The Kier molecular flexibility index (Phi) is 5.86. The Balaban J connectivity index is 2.13. The molecule has 0 radical (unpaired) electrons. The van der Waals surface area contributed by atoms with E-state index in [1.807, 2.05) is 31.2 Å². The van der Waals surface area contributed by atoms with Gasteiger partial charge in [0.25, 0.3) is 0 Å². The molecule has 5 heteroatoms. The summed E-state index contributed by atoms with van der Waals surface area (Å²) in [5, 5.41) is 3.32. The van der Waals surface area contributed by atoms with E-state index in [9.17, 15) is 4.79 Å². The van der Waals surface area contributed by atoms with Crippen LogP contribution < -0.4 is 5.32 Å². The van der Waals surface area contributed by atoms with Crippen LogP contribution >= 0.6 is 15.9 Å². The number of benzene rings is 1. The first kappa shape index (κ1) is 15.3. The lowest BCUT2D eigenvalue weighted by atomic mass is 9.91. The van der Waals surface area contributed by atoms with Gasteiger partial charge >= 0.3 is 5.97 Å². The van der Waals surface area contributed by atoms with Crippen LogP contribution in [-0.2, 0) is 14.3 Å². The largest absolute Gasteiger partial charge is 0.464 e. The molecule has 0 aromatic heterocycles. The van der Waals surface area contributed by atoms with Gasteiger partial charge in [-0.3, -0.25) is 0 Å². The number of halogens is 1. The molecule has 1 fully saturated rings. The molecule has 1 unspecified atom stereocenters. The van der Waals surface area contributed by atoms with Crippen molar-refractivity contribution in [1.29, 1.82) is 0 Å². The maximum absolute atomic E-state index is 12.2. The molecule has 1 aromatic rings. The van der Waals surface area contributed by atoms with Crippen molar-refractivity contribution in [2.75, 3.05) is 25.1 Å². The highest BCUT2D eigenvalue weighted by molar-refractivity contribution is 9.10. The molecule has 2 rings (SSSR count). The second-order valence-electron chi connectivity index (χ2n) is 4.80. The van der Waals surface area contributed by atoms with E-state index in [0.29, 0.717) is 19.8 Å². The molecule has 1 atom stereocenters. The first-order valence-corrected chi connectivity index (χ1v) is 7.77. The molecule has 4 nitrogen and oxygen atoms in total. The molecule has 1 aromatic carbocycles. The lowest BCUT2D eigenvalue weighted by Gasteiger charge is -2.30. The van der Waals surface area contributed by atoms with Crippen molar-refractivity contribution in [2.24, 2.45) is 5.92 Å². The summed E-state index contributed by atoms with van der Waals surface area (Å²) in [6.07, 6.45) is 1.75. The molecule has 20 heavy (non-hydrogen) atoms. The summed E-state index contributed by atoms with van der Waals surface area (Å²) in [7, 11) is 0. The SMILES string of the molecule is CCOC(=O)C(Nc1ccccc1Br)C1CCOCC1. The number of anilines is 1. The molecule has 1 heterocycles. The van der Waals surface area contributed by atoms with Gasteiger partial charge in [0.15, 0.2) is 0 Å². The molecule has 1 aliphatic rings. The summed E-state index contributed by atoms with van der Waals surface area (Å²) >= 11 is 3.50. The fraction of sp³-hybridized carbons (Fsp3) is 0.533. The molecular weight excluding hydrogens is 322 g/mol. The average Bonchev–Trinajstić information content (AvgIpc) is 2.47. The van der Waals surface area contributed by atoms with Crippen molar-refractivity contribution in [3.8, 4) is 0 Å². The van der Waals surface area contributed by atoms with Crippen molar-refractivity contribution < 1.29 is 14.3 Å². The predicted octanol–water partition coefficient (Wildman–Crippen LogP) is 3.22. The molecule has 0 aliphatic carbocycles. The summed E-state index contributed by atoms with van der Waals surface area (Å²) in [6, 6.07) is 7.48. The van der Waals surface area contributed by atoms with Crippen LogP contribution in [0.2, 0.25) is 0 Å². The number of carbonyl (C=O) groups is 1. The number of ether oxygens (including phenoxy) is 2. The van der Waals surface area contributed by atoms with Gasteiger partial charge in [-0.2, -0.15) is 0 Å². The summed E-state index contributed by atoms with van der Waals surface area (Å²) < 4.78 is 11.5. The third-order valence-corrected chi connectivity index (χ3v) is 4.15. The van der Waals surface area contributed by atoms with Gasteiger partial charge in [-0.1, -0.05) is 12.1 Å². The molecule has 0 amide bonds. The minimum absolute atomic E-state index is 0.185. The Morgan fingerprint density at radius 2 is 2.15 bits per heavy atom. The minimum Gasteiger partial charge on any atom is -0.464 e. The topological polar surface area (TPSA) is 47.6 Å². The first-order chi connectivity index (χ1) is 9.72. The van der Waals surface area contributed by atoms with E-state index in [1.165, 1.54) is 0 Å². The Morgan fingerprint density at radius 1 is 1.45 bits per heavy atom. The van der Waals surface area contributed by atoms with E-state index in [4.69, 9.17) is 9.47 Å². The zero-order valence-corrected chi connectivity index (χ0v) is 13.2. The zero-order valence-electron chi connectivity index (χ0n) is 11.6. The third-order valence-electron chi connectivity index (χ3n) is 3.46. The number of rotatable bonds is 5. The second kappa shape index (κ2) is 7.64. The van der Waals surface area contributed by atoms with Crippen LogP contribution in [0.25, 0.3) is 0 Å². The van der Waals surface area contributed by atoms with Crippen molar-refractivity contribution >= 4 is 27.6 Å². The highest BCUT2D eigenvalue weighted by Crippen LogP contribution is 2.27. The fourth-order valence-corrected chi connectivity index (χ4v) is 2.80. The van der Waals surface area contributed by atoms with Crippen molar-refractivity contribution in [3.63, 3.8) is 0 Å². The smallest absolute Gasteiger partial charge is 0.328 e. The molecule has 1 saturated heterocycles. The molecule has 0 saturated carbocycles. The van der Waals surface area contributed by atoms with Gasteiger partial charge in [0.1, 0.15) is 6.04 Å². The maximum atomic E-state index is 12.2.